The van der Waals surface area contributed by atoms with E-state index in [1.165, 1.54) is 11.3 Å². The molecule has 0 spiro atoms. The number of aromatic nitrogens is 1. The van der Waals surface area contributed by atoms with E-state index >= 15 is 0 Å². The van der Waals surface area contributed by atoms with Gasteiger partial charge in [-0.2, -0.15) is 0 Å². The number of hydrogen-bond donors (Lipinski definition) is 3. The van der Waals surface area contributed by atoms with Crippen molar-refractivity contribution < 1.29 is 14.4 Å². The summed E-state index contributed by atoms with van der Waals surface area (Å²) in [4.78, 5) is 40.2. The molecule has 9 heteroatoms. The second-order valence-corrected chi connectivity index (χ2v) is 7.15. The fourth-order valence-corrected chi connectivity index (χ4v) is 3.40. The Balaban J connectivity index is 1.54. The molecule has 1 unspecified atom stereocenters. The lowest BCUT2D eigenvalue weighted by atomic mass is 9.98. The Morgan fingerprint density at radius 2 is 2.04 bits per heavy atom. The fourth-order valence-electron chi connectivity index (χ4n) is 2.56. The Kier molecular flexibility index (Phi) is 5.85. The van der Waals surface area contributed by atoms with E-state index in [2.05, 4.69) is 20.9 Å². The number of thiazole rings is 1. The standard InChI is InChI=1S/C17H17ClN4O3S/c18-10-3-5-11(6-4-10)20-14(23)8-12-9-26-17(21-12)22-16(25)13-2-1-7-19-15(13)24/h3-6,9,13H,1-2,7-8H2,(H,19,24)(H,20,23)(H,21,22,25). The molecule has 7 nitrogen and oxygen atoms in total. The summed E-state index contributed by atoms with van der Waals surface area (Å²) in [5.74, 6) is -1.53. The lowest BCUT2D eigenvalue weighted by molar-refractivity contribution is -0.134. The van der Waals surface area contributed by atoms with Gasteiger partial charge in [0.2, 0.25) is 17.7 Å². The van der Waals surface area contributed by atoms with E-state index in [1.807, 2.05) is 0 Å². The number of carbonyl (C=O) groups excluding carboxylic acids is 3. The summed E-state index contributed by atoms with van der Waals surface area (Å²) in [6.45, 7) is 0.604. The predicted octanol–water partition coefficient (Wildman–Crippen LogP) is 2.44. The Bertz CT molecular complexity index is 822. The molecule has 2 heterocycles. The van der Waals surface area contributed by atoms with Crippen molar-refractivity contribution in [2.75, 3.05) is 17.2 Å². The molecule has 1 aromatic carbocycles. The molecule has 0 bridgehead atoms. The zero-order valence-corrected chi connectivity index (χ0v) is 15.3. The largest absolute Gasteiger partial charge is 0.355 e. The molecule has 0 saturated carbocycles. The van der Waals surface area contributed by atoms with Crippen LogP contribution in [0.1, 0.15) is 18.5 Å². The molecular weight excluding hydrogens is 376 g/mol. The van der Waals surface area contributed by atoms with Crippen molar-refractivity contribution in [1.29, 1.82) is 0 Å². The van der Waals surface area contributed by atoms with Gasteiger partial charge in [-0.3, -0.25) is 14.4 Å². The third-order valence-corrected chi connectivity index (χ3v) is 4.91. The van der Waals surface area contributed by atoms with Crippen molar-refractivity contribution in [3.05, 3.63) is 40.4 Å². The number of rotatable bonds is 5. The molecule has 2 aromatic rings. The minimum absolute atomic E-state index is 0.0823. The van der Waals surface area contributed by atoms with Gasteiger partial charge in [-0.15, -0.1) is 11.3 Å². The number of halogens is 1. The van der Waals surface area contributed by atoms with E-state index < -0.39 is 5.92 Å². The van der Waals surface area contributed by atoms with E-state index in [4.69, 9.17) is 11.6 Å². The molecular formula is C17H17ClN4O3S. The molecule has 1 aromatic heterocycles. The Morgan fingerprint density at radius 1 is 1.27 bits per heavy atom. The van der Waals surface area contributed by atoms with Crippen molar-refractivity contribution in [3.8, 4) is 0 Å². The van der Waals surface area contributed by atoms with Gasteiger partial charge in [0.1, 0.15) is 5.92 Å². The summed E-state index contributed by atoms with van der Waals surface area (Å²) in [6.07, 6.45) is 1.39. The van der Waals surface area contributed by atoms with Gasteiger partial charge in [-0.05, 0) is 37.1 Å². The third kappa shape index (κ3) is 4.80. The average Bonchev–Trinajstić information content (AvgIpc) is 3.04. The molecule has 1 fully saturated rings. The maximum absolute atomic E-state index is 12.2. The molecule has 26 heavy (non-hydrogen) atoms. The molecule has 0 radical (unpaired) electrons. The molecule has 1 atom stereocenters. The average molecular weight is 393 g/mol. The normalized spacial score (nSPS) is 16.7. The van der Waals surface area contributed by atoms with Crippen molar-refractivity contribution in [1.82, 2.24) is 10.3 Å². The molecule has 1 saturated heterocycles. The first kappa shape index (κ1) is 18.3. The predicted molar refractivity (Wildman–Crippen MR) is 100 cm³/mol. The highest BCUT2D eigenvalue weighted by atomic mass is 35.5. The highest BCUT2D eigenvalue weighted by molar-refractivity contribution is 7.14. The summed E-state index contributed by atoms with van der Waals surface area (Å²) >= 11 is 7.03. The molecule has 0 aliphatic carbocycles. The van der Waals surface area contributed by atoms with E-state index in [-0.39, 0.29) is 24.1 Å². The molecule has 136 valence electrons. The summed E-state index contributed by atoms with van der Waals surface area (Å²) < 4.78 is 0. The molecule has 1 aliphatic rings. The van der Waals surface area contributed by atoms with Crippen LogP contribution >= 0.6 is 22.9 Å². The van der Waals surface area contributed by atoms with Crippen molar-refractivity contribution >= 4 is 51.5 Å². The molecule has 1 aliphatic heterocycles. The second-order valence-electron chi connectivity index (χ2n) is 5.85. The molecule has 3 rings (SSSR count). The van der Waals surface area contributed by atoms with Crippen LogP contribution in [0.4, 0.5) is 10.8 Å². The van der Waals surface area contributed by atoms with E-state index in [0.717, 1.165) is 6.42 Å². The van der Waals surface area contributed by atoms with Gasteiger partial charge < -0.3 is 16.0 Å². The monoisotopic (exact) mass is 392 g/mol. The fraction of sp³-hybridized carbons (Fsp3) is 0.294. The summed E-state index contributed by atoms with van der Waals surface area (Å²) in [7, 11) is 0. The Morgan fingerprint density at radius 3 is 2.77 bits per heavy atom. The van der Waals surface area contributed by atoms with Gasteiger partial charge >= 0.3 is 0 Å². The van der Waals surface area contributed by atoms with Crippen molar-refractivity contribution in [3.63, 3.8) is 0 Å². The first-order chi connectivity index (χ1) is 12.5. The van der Waals surface area contributed by atoms with E-state index in [0.29, 0.717) is 34.5 Å². The number of anilines is 2. The number of benzene rings is 1. The number of nitrogens with zero attached hydrogens (tertiary/aromatic N) is 1. The van der Waals surface area contributed by atoms with Gasteiger partial charge in [0.15, 0.2) is 5.13 Å². The minimum Gasteiger partial charge on any atom is -0.355 e. The summed E-state index contributed by atoms with van der Waals surface area (Å²) in [5.41, 5.74) is 1.19. The summed E-state index contributed by atoms with van der Waals surface area (Å²) in [6, 6.07) is 6.80. The topological polar surface area (TPSA) is 100 Å². The Labute approximate surface area is 159 Å². The van der Waals surface area contributed by atoms with Crippen LogP contribution < -0.4 is 16.0 Å². The highest BCUT2D eigenvalue weighted by Crippen LogP contribution is 2.20. The van der Waals surface area contributed by atoms with Crippen LogP contribution in [0.25, 0.3) is 0 Å². The van der Waals surface area contributed by atoms with Crippen LogP contribution in [-0.4, -0.2) is 29.3 Å². The first-order valence-electron chi connectivity index (χ1n) is 8.09. The molecule has 3 amide bonds. The molecule has 3 N–H and O–H groups in total. The maximum Gasteiger partial charge on any atom is 0.238 e. The lowest BCUT2D eigenvalue weighted by Crippen LogP contribution is -2.42. The quantitative estimate of drug-likeness (QED) is 0.680. The van der Waals surface area contributed by atoms with Crippen LogP contribution in [0.5, 0.6) is 0 Å². The van der Waals surface area contributed by atoms with Crippen LogP contribution in [0, 0.1) is 5.92 Å². The number of nitrogens with one attached hydrogen (secondary N) is 3. The summed E-state index contributed by atoms with van der Waals surface area (Å²) in [5, 5.41) is 10.8. The highest BCUT2D eigenvalue weighted by Gasteiger charge is 2.29. The van der Waals surface area contributed by atoms with E-state index in [9.17, 15) is 14.4 Å². The first-order valence-corrected chi connectivity index (χ1v) is 9.35. The van der Waals surface area contributed by atoms with Crippen LogP contribution in [-0.2, 0) is 20.8 Å². The lowest BCUT2D eigenvalue weighted by Gasteiger charge is -2.20. The van der Waals surface area contributed by atoms with Gasteiger partial charge in [0.25, 0.3) is 0 Å². The van der Waals surface area contributed by atoms with E-state index in [1.54, 1.807) is 29.6 Å². The van der Waals surface area contributed by atoms with Gasteiger partial charge in [-0.25, -0.2) is 4.98 Å². The smallest absolute Gasteiger partial charge is 0.238 e. The number of carbonyl (C=O) groups is 3. The van der Waals surface area contributed by atoms with Gasteiger partial charge in [-0.1, -0.05) is 11.6 Å². The van der Waals surface area contributed by atoms with Crippen molar-refractivity contribution in [2.24, 2.45) is 5.92 Å². The van der Waals surface area contributed by atoms with Crippen molar-refractivity contribution in [2.45, 2.75) is 19.3 Å². The maximum atomic E-state index is 12.2. The number of piperidine rings is 1. The third-order valence-electron chi connectivity index (χ3n) is 3.85. The van der Waals surface area contributed by atoms with Gasteiger partial charge in [0.05, 0.1) is 12.1 Å². The minimum atomic E-state index is -0.690. The van der Waals surface area contributed by atoms with Crippen LogP contribution in [0.3, 0.4) is 0 Å². The second kappa shape index (κ2) is 8.29. The van der Waals surface area contributed by atoms with Crippen LogP contribution in [0.15, 0.2) is 29.6 Å². The number of hydrogen-bond acceptors (Lipinski definition) is 5. The zero-order valence-electron chi connectivity index (χ0n) is 13.8. The SMILES string of the molecule is O=C(Cc1csc(NC(=O)C2CCCNC2=O)n1)Nc1ccc(Cl)cc1. The Hall–Kier alpha value is -2.45. The van der Waals surface area contributed by atoms with Crippen LogP contribution in [0.2, 0.25) is 5.02 Å². The number of amides is 3. The zero-order chi connectivity index (χ0) is 18.5. The van der Waals surface area contributed by atoms with Gasteiger partial charge in [0, 0.05) is 22.6 Å².